The average Bonchev–Trinajstić information content (AvgIpc) is 3.12. The maximum atomic E-state index is 12.6. The second-order valence-corrected chi connectivity index (χ2v) is 7.43. The molecule has 1 aromatic rings. The Kier molecular flexibility index (Phi) is 7.62. The third kappa shape index (κ3) is 5.66. The molecule has 2 rings (SSSR count). The third-order valence-electron chi connectivity index (χ3n) is 4.49. The first-order chi connectivity index (χ1) is 12.0. The van der Waals surface area contributed by atoms with Crippen molar-refractivity contribution in [3.63, 3.8) is 0 Å². The van der Waals surface area contributed by atoms with Gasteiger partial charge in [0.2, 0.25) is 11.8 Å². The summed E-state index contributed by atoms with van der Waals surface area (Å²) in [5.41, 5.74) is 3.19. The number of hydrogen-bond acceptors (Lipinski definition) is 4. The summed E-state index contributed by atoms with van der Waals surface area (Å²) in [4.78, 5) is 26.7. The Morgan fingerprint density at radius 1 is 1.28 bits per heavy atom. The molecule has 1 fully saturated rings. The maximum Gasteiger partial charge on any atom is 0.246 e. The van der Waals surface area contributed by atoms with Crippen LogP contribution in [0.4, 0.5) is 11.4 Å². The lowest BCUT2D eigenvalue weighted by molar-refractivity contribution is -0.126. The summed E-state index contributed by atoms with van der Waals surface area (Å²) in [5.74, 6) is 0.584. The van der Waals surface area contributed by atoms with Gasteiger partial charge in [-0.2, -0.15) is 11.8 Å². The number of nitrogens with zero attached hydrogens (tertiary/aromatic N) is 1. The van der Waals surface area contributed by atoms with Crippen molar-refractivity contribution in [3.05, 3.63) is 23.8 Å². The summed E-state index contributed by atoms with van der Waals surface area (Å²) in [6.45, 7) is 6.07. The molecule has 2 amide bonds. The van der Waals surface area contributed by atoms with Crippen LogP contribution in [0.5, 0.6) is 0 Å². The number of aryl methyl sites for hydroxylation is 1. The molecule has 2 N–H and O–H groups in total. The zero-order valence-electron chi connectivity index (χ0n) is 15.4. The van der Waals surface area contributed by atoms with E-state index in [1.54, 1.807) is 18.7 Å². The van der Waals surface area contributed by atoms with Crippen molar-refractivity contribution in [3.8, 4) is 0 Å². The van der Waals surface area contributed by atoms with Gasteiger partial charge in [0, 0.05) is 30.9 Å². The Morgan fingerprint density at radius 2 is 2.00 bits per heavy atom. The smallest absolute Gasteiger partial charge is 0.246 e. The molecule has 0 unspecified atom stereocenters. The van der Waals surface area contributed by atoms with Crippen LogP contribution in [-0.2, 0) is 9.59 Å². The van der Waals surface area contributed by atoms with Crippen molar-refractivity contribution < 1.29 is 9.59 Å². The van der Waals surface area contributed by atoms with E-state index in [0.717, 1.165) is 30.1 Å². The number of rotatable bonds is 8. The van der Waals surface area contributed by atoms with E-state index >= 15 is 0 Å². The van der Waals surface area contributed by atoms with Crippen LogP contribution in [0.3, 0.4) is 0 Å². The van der Waals surface area contributed by atoms with Crippen LogP contribution < -0.4 is 15.5 Å². The highest BCUT2D eigenvalue weighted by atomic mass is 32.2. The Balaban J connectivity index is 2.03. The van der Waals surface area contributed by atoms with Crippen molar-refractivity contribution in [2.45, 2.75) is 45.6 Å². The van der Waals surface area contributed by atoms with Gasteiger partial charge in [0.15, 0.2) is 0 Å². The number of hydrogen-bond donors (Lipinski definition) is 2. The van der Waals surface area contributed by atoms with E-state index in [9.17, 15) is 9.59 Å². The summed E-state index contributed by atoms with van der Waals surface area (Å²) >= 11 is 1.67. The van der Waals surface area contributed by atoms with E-state index in [4.69, 9.17) is 0 Å². The van der Waals surface area contributed by atoms with Gasteiger partial charge in [-0.15, -0.1) is 0 Å². The topological polar surface area (TPSA) is 61.4 Å². The van der Waals surface area contributed by atoms with Gasteiger partial charge in [0.05, 0.1) is 0 Å². The first-order valence-corrected chi connectivity index (χ1v) is 10.4. The monoisotopic (exact) mass is 363 g/mol. The Hall–Kier alpha value is -1.69. The molecule has 1 atom stereocenters. The molecule has 1 aliphatic heterocycles. The molecule has 5 nitrogen and oxygen atoms in total. The highest BCUT2D eigenvalue weighted by Crippen LogP contribution is 2.26. The molecule has 0 spiro atoms. The van der Waals surface area contributed by atoms with E-state index in [2.05, 4.69) is 28.5 Å². The second-order valence-electron chi connectivity index (χ2n) is 6.44. The number of carbonyl (C=O) groups is 2. The quantitative estimate of drug-likeness (QED) is 0.745. The van der Waals surface area contributed by atoms with Gasteiger partial charge in [0.1, 0.15) is 6.04 Å². The number of benzene rings is 1. The molecule has 0 saturated carbocycles. The Labute approximate surface area is 154 Å². The van der Waals surface area contributed by atoms with E-state index in [-0.39, 0.29) is 11.8 Å². The molecule has 0 aromatic heterocycles. The second kappa shape index (κ2) is 9.70. The van der Waals surface area contributed by atoms with Crippen LogP contribution in [-0.4, -0.2) is 43.0 Å². The van der Waals surface area contributed by atoms with Crippen molar-refractivity contribution in [1.29, 1.82) is 0 Å². The first kappa shape index (κ1) is 19.6. The number of anilines is 2. The van der Waals surface area contributed by atoms with Gasteiger partial charge in [-0.1, -0.05) is 6.92 Å². The minimum atomic E-state index is -0.488. The summed E-state index contributed by atoms with van der Waals surface area (Å²) in [5, 5.41) is 5.78. The van der Waals surface area contributed by atoms with Gasteiger partial charge < -0.3 is 15.5 Å². The fraction of sp³-hybridized carbons (Fsp3) is 0.579. The van der Waals surface area contributed by atoms with Crippen LogP contribution in [0.25, 0.3) is 0 Å². The number of carbonyl (C=O) groups excluding carboxylic acids is 2. The molecule has 1 aromatic carbocycles. The van der Waals surface area contributed by atoms with Crippen LogP contribution in [0.15, 0.2) is 18.2 Å². The predicted octanol–water partition coefficient (Wildman–Crippen LogP) is 3.18. The molecular weight excluding hydrogens is 334 g/mol. The molecule has 0 radical (unpaired) electrons. The minimum absolute atomic E-state index is 0.0955. The fourth-order valence-corrected chi connectivity index (χ4v) is 3.55. The molecule has 25 heavy (non-hydrogen) atoms. The van der Waals surface area contributed by atoms with E-state index in [1.165, 1.54) is 18.5 Å². The average molecular weight is 364 g/mol. The van der Waals surface area contributed by atoms with E-state index < -0.39 is 6.04 Å². The lowest BCUT2D eigenvalue weighted by Crippen LogP contribution is -2.44. The van der Waals surface area contributed by atoms with Crippen LogP contribution >= 0.6 is 11.8 Å². The molecule has 0 bridgehead atoms. The number of nitrogens with one attached hydrogen (secondary N) is 2. The zero-order valence-corrected chi connectivity index (χ0v) is 16.2. The van der Waals surface area contributed by atoms with Crippen molar-refractivity contribution in [1.82, 2.24) is 5.32 Å². The standard InChI is InChI=1S/C19H29N3O2S/c1-4-18(23)21-16(9-12-25-3)19(24)20-15-7-8-17(14(2)13-15)22-10-5-6-11-22/h7-8,13,16H,4-6,9-12H2,1-3H3,(H,20,24)(H,21,23)/t16-/m0/s1. The normalized spacial score (nSPS) is 15.1. The zero-order chi connectivity index (χ0) is 18.2. The highest BCUT2D eigenvalue weighted by molar-refractivity contribution is 7.98. The van der Waals surface area contributed by atoms with Gasteiger partial charge in [-0.3, -0.25) is 9.59 Å². The third-order valence-corrected chi connectivity index (χ3v) is 5.14. The van der Waals surface area contributed by atoms with Gasteiger partial charge in [0.25, 0.3) is 0 Å². The molecule has 1 saturated heterocycles. The van der Waals surface area contributed by atoms with E-state index in [1.807, 2.05) is 18.4 Å². The number of thioether (sulfide) groups is 1. The lowest BCUT2D eigenvalue weighted by Gasteiger charge is -2.22. The summed E-state index contributed by atoms with van der Waals surface area (Å²) < 4.78 is 0. The molecule has 1 heterocycles. The van der Waals surface area contributed by atoms with Gasteiger partial charge in [-0.05, 0) is 62.0 Å². The molecule has 0 aliphatic carbocycles. The van der Waals surface area contributed by atoms with Crippen LogP contribution in [0.1, 0.15) is 38.2 Å². The van der Waals surface area contributed by atoms with Gasteiger partial charge in [-0.25, -0.2) is 0 Å². The predicted molar refractivity (Wildman–Crippen MR) is 106 cm³/mol. The molecule has 138 valence electrons. The largest absolute Gasteiger partial charge is 0.371 e. The molecular formula is C19H29N3O2S. The summed E-state index contributed by atoms with van der Waals surface area (Å²) in [7, 11) is 0. The van der Waals surface area contributed by atoms with Crippen molar-refractivity contribution >= 4 is 35.0 Å². The fourth-order valence-electron chi connectivity index (χ4n) is 3.08. The molecule has 6 heteroatoms. The lowest BCUT2D eigenvalue weighted by atomic mass is 10.1. The van der Waals surface area contributed by atoms with Crippen molar-refractivity contribution in [2.24, 2.45) is 0 Å². The van der Waals surface area contributed by atoms with E-state index in [0.29, 0.717) is 12.8 Å². The van der Waals surface area contributed by atoms with Gasteiger partial charge >= 0.3 is 0 Å². The van der Waals surface area contributed by atoms with Crippen LogP contribution in [0, 0.1) is 6.92 Å². The summed E-state index contributed by atoms with van der Waals surface area (Å²) in [6.07, 6.45) is 5.49. The van der Waals surface area contributed by atoms with Crippen LogP contribution in [0.2, 0.25) is 0 Å². The Morgan fingerprint density at radius 3 is 2.60 bits per heavy atom. The summed E-state index contributed by atoms with van der Waals surface area (Å²) in [6, 6.07) is 5.56. The van der Waals surface area contributed by atoms with Crippen molar-refractivity contribution in [2.75, 3.05) is 35.3 Å². The minimum Gasteiger partial charge on any atom is -0.371 e. The first-order valence-electron chi connectivity index (χ1n) is 9.00. The number of amides is 2. The SMILES string of the molecule is CCC(=O)N[C@@H](CCSC)C(=O)Nc1ccc(N2CCCC2)c(C)c1. The maximum absolute atomic E-state index is 12.6. The highest BCUT2D eigenvalue weighted by Gasteiger charge is 2.20. The Bertz CT molecular complexity index is 600. The molecule has 1 aliphatic rings.